The van der Waals surface area contributed by atoms with E-state index in [2.05, 4.69) is 60.3 Å². The smallest absolute Gasteiger partial charge is 0.0281 e. The minimum Gasteiger partial charge on any atom is -0.0965 e. The molecule has 0 unspecified atom stereocenters. The molecule has 76 valence electrons. The highest BCUT2D eigenvalue weighted by Crippen LogP contribution is 2.26. The van der Waals surface area contributed by atoms with Crippen LogP contribution in [0.4, 0.5) is 0 Å². The number of hydrogen-bond donors (Lipinski definition) is 0. The third kappa shape index (κ3) is 4.36. The summed E-state index contributed by atoms with van der Waals surface area (Å²) in [5, 5.41) is 0. The summed E-state index contributed by atoms with van der Waals surface area (Å²) >= 11 is 0. The summed E-state index contributed by atoms with van der Waals surface area (Å²) in [6.07, 6.45) is 1.12. The van der Waals surface area contributed by atoms with Crippen LogP contribution < -0.4 is 0 Å². The minimum atomic E-state index is 0.145. The van der Waals surface area contributed by atoms with Gasteiger partial charge in [-0.15, -0.1) is 0 Å². The maximum Gasteiger partial charge on any atom is 0.0281 e. The Balaban J connectivity index is 4.58. The molecule has 0 atom stereocenters. The van der Waals surface area contributed by atoms with Crippen LogP contribution in [0.2, 0.25) is 0 Å². The van der Waals surface area contributed by atoms with Gasteiger partial charge in [0.2, 0.25) is 0 Å². The van der Waals surface area contributed by atoms with Crippen LogP contribution in [0.15, 0.2) is 0 Å². The van der Waals surface area contributed by atoms with Crippen LogP contribution in [-0.4, -0.2) is 0 Å². The summed E-state index contributed by atoms with van der Waals surface area (Å²) in [6.45, 7) is 15.5. The van der Waals surface area contributed by atoms with Gasteiger partial charge in [-0.05, 0) is 40.0 Å². The number of hydrogen-bond acceptors (Lipinski definition) is 0. The van der Waals surface area contributed by atoms with E-state index in [4.69, 9.17) is 0 Å². The van der Waals surface area contributed by atoms with Crippen molar-refractivity contribution >= 4 is 0 Å². The van der Waals surface area contributed by atoms with Crippen LogP contribution in [0.3, 0.4) is 0 Å². The van der Waals surface area contributed by atoms with Crippen molar-refractivity contribution in [2.24, 2.45) is 16.7 Å². The van der Waals surface area contributed by atoms with E-state index in [0.717, 1.165) is 6.42 Å². The Morgan fingerprint density at radius 1 is 1.00 bits per heavy atom. The van der Waals surface area contributed by atoms with Gasteiger partial charge in [-0.25, -0.2) is 0 Å². The van der Waals surface area contributed by atoms with E-state index in [1.165, 1.54) is 0 Å². The average Bonchev–Trinajstić information content (AvgIpc) is 2.01. The molecule has 0 heterocycles. The van der Waals surface area contributed by atoms with Crippen molar-refractivity contribution in [3.8, 4) is 11.8 Å². The first-order valence-corrected chi connectivity index (χ1v) is 5.25. The second-order valence-corrected chi connectivity index (χ2v) is 5.36. The van der Waals surface area contributed by atoms with E-state index in [-0.39, 0.29) is 10.8 Å². The van der Waals surface area contributed by atoms with Crippen molar-refractivity contribution in [3.05, 3.63) is 0 Å². The largest absolute Gasteiger partial charge is 0.0965 e. The Kier molecular flexibility index (Phi) is 4.04. The van der Waals surface area contributed by atoms with Crippen LogP contribution in [-0.2, 0) is 0 Å². The van der Waals surface area contributed by atoms with E-state index in [9.17, 15) is 0 Å². The molecule has 0 saturated heterocycles. The summed E-state index contributed by atoms with van der Waals surface area (Å²) in [7, 11) is 0. The van der Waals surface area contributed by atoms with Crippen LogP contribution in [0, 0.1) is 28.6 Å². The zero-order valence-corrected chi connectivity index (χ0v) is 10.3. The summed E-state index contributed by atoms with van der Waals surface area (Å²) in [5.74, 6) is 7.40. The predicted molar refractivity (Wildman–Crippen MR) is 60.5 cm³/mol. The molecule has 0 aliphatic heterocycles. The van der Waals surface area contributed by atoms with E-state index < -0.39 is 0 Å². The molecule has 0 aromatic rings. The van der Waals surface area contributed by atoms with Gasteiger partial charge in [0, 0.05) is 10.8 Å². The Bertz CT molecular complexity index is 208. The van der Waals surface area contributed by atoms with E-state index in [1.54, 1.807) is 0 Å². The lowest BCUT2D eigenvalue weighted by Crippen LogP contribution is -2.17. The van der Waals surface area contributed by atoms with Gasteiger partial charge in [-0.1, -0.05) is 32.6 Å². The minimum absolute atomic E-state index is 0.145. The van der Waals surface area contributed by atoms with Gasteiger partial charge < -0.3 is 0 Å². The fraction of sp³-hybridized carbons (Fsp3) is 0.846. The molecule has 0 saturated carbocycles. The van der Waals surface area contributed by atoms with E-state index in [1.807, 2.05) is 0 Å². The molecule has 0 bridgehead atoms. The fourth-order valence-corrected chi connectivity index (χ4v) is 0.563. The summed E-state index contributed by atoms with van der Waals surface area (Å²) in [4.78, 5) is 0. The summed E-state index contributed by atoms with van der Waals surface area (Å²) < 4.78 is 0. The molecule has 0 aromatic heterocycles. The fourth-order valence-electron chi connectivity index (χ4n) is 0.563. The van der Waals surface area contributed by atoms with Crippen LogP contribution in [0.25, 0.3) is 0 Å². The number of rotatable bonds is 2. The Labute approximate surface area is 84.1 Å². The first-order chi connectivity index (χ1) is 5.71. The highest BCUT2D eigenvalue weighted by molar-refractivity contribution is 5.15. The maximum atomic E-state index is 3.40. The van der Waals surface area contributed by atoms with Gasteiger partial charge in [0.25, 0.3) is 0 Å². The monoisotopic (exact) mass is 180 g/mol. The maximum absolute atomic E-state index is 3.40. The summed E-state index contributed by atoms with van der Waals surface area (Å²) in [6, 6.07) is 0. The van der Waals surface area contributed by atoms with Gasteiger partial charge in [-0.3, -0.25) is 0 Å². The first kappa shape index (κ1) is 12.6. The van der Waals surface area contributed by atoms with Crippen LogP contribution in [0.5, 0.6) is 0 Å². The first-order valence-electron chi connectivity index (χ1n) is 5.25. The van der Waals surface area contributed by atoms with Gasteiger partial charge in [0.15, 0.2) is 0 Å². The van der Waals surface area contributed by atoms with Crippen molar-refractivity contribution in [1.82, 2.24) is 0 Å². The Hall–Kier alpha value is -0.440. The van der Waals surface area contributed by atoms with E-state index >= 15 is 0 Å². The lowest BCUT2D eigenvalue weighted by Gasteiger charge is -2.24. The zero-order chi connectivity index (χ0) is 10.7. The SMILES string of the molecule is CCC(C)(C)C#CC(C)(C)C(C)C. The van der Waals surface area contributed by atoms with Crippen molar-refractivity contribution in [2.45, 2.75) is 54.9 Å². The molecule has 0 nitrogen and oxygen atoms in total. The van der Waals surface area contributed by atoms with E-state index in [0.29, 0.717) is 5.92 Å². The van der Waals surface area contributed by atoms with Gasteiger partial charge in [0.05, 0.1) is 0 Å². The van der Waals surface area contributed by atoms with Crippen LogP contribution in [0.1, 0.15) is 54.9 Å². The molecular weight excluding hydrogens is 156 g/mol. The molecule has 13 heavy (non-hydrogen) atoms. The third-order valence-electron chi connectivity index (χ3n) is 3.05. The molecule has 0 aliphatic rings. The van der Waals surface area contributed by atoms with Crippen molar-refractivity contribution in [2.75, 3.05) is 0 Å². The molecule has 0 amide bonds. The molecule has 0 spiro atoms. The molecular formula is C13H24. The highest BCUT2D eigenvalue weighted by atomic mass is 14.2. The van der Waals surface area contributed by atoms with Crippen molar-refractivity contribution < 1.29 is 0 Å². The van der Waals surface area contributed by atoms with Gasteiger partial charge in [-0.2, -0.15) is 0 Å². The Morgan fingerprint density at radius 2 is 1.46 bits per heavy atom. The Morgan fingerprint density at radius 3 is 1.77 bits per heavy atom. The predicted octanol–water partition coefficient (Wildman–Crippen LogP) is 4.11. The van der Waals surface area contributed by atoms with Crippen molar-refractivity contribution in [3.63, 3.8) is 0 Å². The van der Waals surface area contributed by atoms with Crippen molar-refractivity contribution in [1.29, 1.82) is 0 Å². The van der Waals surface area contributed by atoms with Crippen LogP contribution >= 0.6 is 0 Å². The molecule has 0 aromatic carbocycles. The normalized spacial score (nSPS) is 12.6. The second kappa shape index (κ2) is 4.18. The average molecular weight is 180 g/mol. The third-order valence-corrected chi connectivity index (χ3v) is 3.05. The molecule has 0 fully saturated rings. The highest BCUT2D eigenvalue weighted by Gasteiger charge is 2.20. The zero-order valence-electron chi connectivity index (χ0n) is 10.3. The molecule has 0 heteroatoms. The lowest BCUT2D eigenvalue weighted by atomic mass is 9.80. The summed E-state index contributed by atoms with van der Waals surface area (Å²) in [5.41, 5.74) is 0.318. The topological polar surface area (TPSA) is 0 Å². The molecule has 0 N–H and O–H groups in total. The molecule has 0 aliphatic carbocycles. The van der Waals surface area contributed by atoms with Gasteiger partial charge >= 0.3 is 0 Å². The lowest BCUT2D eigenvalue weighted by molar-refractivity contribution is 0.347. The van der Waals surface area contributed by atoms with Gasteiger partial charge in [0.1, 0.15) is 0 Å². The quantitative estimate of drug-likeness (QED) is 0.561. The molecule has 0 radical (unpaired) electrons. The standard InChI is InChI=1S/C13H24/c1-8-12(4,5)9-10-13(6,7)11(2)3/h11H,8H2,1-7H3. The second-order valence-electron chi connectivity index (χ2n) is 5.36. The molecule has 0 rings (SSSR count).